The molecule has 0 aromatic heterocycles. The summed E-state index contributed by atoms with van der Waals surface area (Å²) in [4.78, 5) is 0. The summed E-state index contributed by atoms with van der Waals surface area (Å²) in [7, 11) is 0. The predicted octanol–water partition coefficient (Wildman–Crippen LogP) is 3.06. The SMILES string of the molecule is Cc1ccc(F)cc1OCC1CCC(CNC(C)C)O1. The summed E-state index contributed by atoms with van der Waals surface area (Å²) in [5.74, 6) is 0.342. The molecule has 0 radical (unpaired) electrons. The zero-order chi connectivity index (χ0) is 14.5. The molecule has 2 rings (SSSR count). The van der Waals surface area contributed by atoms with Gasteiger partial charge in [-0.2, -0.15) is 0 Å². The molecular weight excluding hydrogens is 257 g/mol. The highest BCUT2D eigenvalue weighted by molar-refractivity contribution is 5.32. The van der Waals surface area contributed by atoms with Gasteiger partial charge in [-0.3, -0.25) is 0 Å². The molecule has 1 N–H and O–H groups in total. The zero-order valence-corrected chi connectivity index (χ0v) is 12.5. The lowest BCUT2D eigenvalue weighted by Gasteiger charge is -2.17. The number of aryl methyl sites for hydroxylation is 1. The van der Waals surface area contributed by atoms with Gasteiger partial charge in [0.2, 0.25) is 0 Å². The van der Waals surface area contributed by atoms with Gasteiger partial charge in [-0.15, -0.1) is 0 Å². The normalized spacial score (nSPS) is 22.4. The van der Waals surface area contributed by atoms with Crippen LogP contribution in [0, 0.1) is 12.7 Å². The number of ether oxygens (including phenoxy) is 2. The number of hydrogen-bond acceptors (Lipinski definition) is 3. The van der Waals surface area contributed by atoms with Crippen molar-refractivity contribution in [2.75, 3.05) is 13.2 Å². The minimum absolute atomic E-state index is 0.108. The van der Waals surface area contributed by atoms with Crippen molar-refractivity contribution in [1.29, 1.82) is 0 Å². The van der Waals surface area contributed by atoms with E-state index in [0.29, 0.717) is 18.4 Å². The van der Waals surface area contributed by atoms with E-state index in [9.17, 15) is 4.39 Å². The van der Waals surface area contributed by atoms with Gasteiger partial charge < -0.3 is 14.8 Å². The second kappa shape index (κ2) is 7.04. The third-order valence-corrected chi connectivity index (χ3v) is 3.52. The lowest BCUT2D eigenvalue weighted by atomic mass is 10.2. The highest BCUT2D eigenvalue weighted by Gasteiger charge is 2.25. The maximum atomic E-state index is 13.2. The van der Waals surface area contributed by atoms with E-state index in [-0.39, 0.29) is 18.0 Å². The highest BCUT2D eigenvalue weighted by Crippen LogP contribution is 2.23. The van der Waals surface area contributed by atoms with E-state index in [0.717, 1.165) is 24.9 Å². The van der Waals surface area contributed by atoms with Gasteiger partial charge in [0.15, 0.2) is 0 Å². The molecular formula is C16H24FNO2. The van der Waals surface area contributed by atoms with Crippen LogP contribution in [0.15, 0.2) is 18.2 Å². The molecule has 4 heteroatoms. The van der Waals surface area contributed by atoms with Crippen LogP contribution in [0.3, 0.4) is 0 Å². The van der Waals surface area contributed by atoms with E-state index < -0.39 is 0 Å². The van der Waals surface area contributed by atoms with Crippen LogP contribution in [0.2, 0.25) is 0 Å². The smallest absolute Gasteiger partial charge is 0.126 e. The average molecular weight is 281 g/mol. The molecule has 0 amide bonds. The first kappa shape index (κ1) is 15.3. The second-order valence-electron chi connectivity index (χ2n) is 5.74. The van der Waals surface area contributed by atoms with E-state index in [1.807, 2.05) is 6.92 Å². The van der Waals surface area contributed by atoms with Gasteiger partial charge in [0.25, 0.3) is 0 Å². The fourth-order valence-corrected chi connectivity index (χ4v) is 2.33. The monoisotopic (exact) mass is 281 g/mol. The zero-order valence-electron chi connectivity index (χ0n) is 12.5. The second-order valence-corrected chi connectivity index (χ2v) is 5.74. The third kappa shape index (κ3) is 4.46. The van der Waals surface area contributed by atoms with Gasteiger partial charge in [0, 0.05) is 18.7 Å². The number of nitrogens with one attached hydrogen (secondary N) is 1. The van der Waals surface area contributed by atoms with Crippen LogP contribution in [-0.4, -0.2) is 31.4 Å². The Balaban J connectivity index is 1.76. The molecule has 20 heavy (non-hydrogen) atoms. The van der Waals surface area contributed by atoms with Gasteiger partial charge >= 0.3 is 0 Å². The van der Waals surface area contributed by atoms with Crippen LogP contribution in [0.5, 0.6) is 5.75 Å². The first-order valence-electron chi connectivity index (χ1n) is 7.32. The molecule has 1 aromatic carbocycles. The van der Waals surface area contributed by atoms with Gasteiger partial charge in [-0.05, 0) is 31.4 Å². The summed E-state index contributed by atoms with van der Waals surface area (Å²) in [5, 5.41) is 3.38. The molecule has 1 saturated heterocycles. The molecule has 1 aliphatic heterocycles. The summed E-state index contributed by atoms with van der Waals surface area (Å²) in [5.41, 5.74) is 0.947. The Morgan fingerprint density at radius 3 is 2.85 bits per heavy atom. The first-order chi connectivity index (χ1) is 9.54. The van der Waals surface area contributed by atoms with Crippen LogP contribution in [0.1, 0.15) is 32.3 Å². The molecule has 1 heterocycles. The Bertz CT molecular complexity index is 436. The Labute approximate surface area is 120 Å². The molecule has 0 spiro atoms. The summed E-state index contributed by atoms with van der Waals surface area (Å²) in [6.45, 7) is 7.54. The fourth-order valence-electron chi connectivity index (χ4n) is 2.33. The first-order valence-corrected chi connectivity index (χ1v) is 7.32. The maximum Gasteiger partial charge on any atom is 0.126 e. The van der Waals surface area contributed by atoms with E-state index >= 15 is 0 Å². The molecule has 1 fully saturated rings. The van der Waals surface area contributed by atoms with Crippen LogP contribution in [0.25, 0.3) is 0 Å². The molecule has 0 bridgehead atoms. The van der Waals surface area contributed by atoms with E-state index in [1.54, 1.807) is 6.07 Å². The molecule has 1 aromatic rings. The third-order valence-electron chi connectivity index (χ3n) is 3.52. The maximum absolute atomic E-state index is 13.2. The lowest BCUT2D eigenvalue weighted by molar-refractivity contribution is 0.0176. The molecule has 112 valence electrons. The van der Waals surface area contributed by atoms with Crippen LogP contribution in [-0.2, 0) is 4.74 Å². The number of benzene rings is 1. The standard InChI is InChI=1S/C16H24FNO2/c1-11(2)18-9-14-6-7-15(20-14)10-19-16-8-13(17)5-4-12(16)3/h4-5,8,11,14-15,18H,6-7,9-10H2,1-3H3. The fraction of sp³-hybridized carbons (Fsp3) is 0.625. The molecule has 2 unspecified atom stereocenters. The highest BCUT2D eigenvalue weighted by atomic mass is 19.1. The van der Waals surface area contributed by atoms with E-state index in [4.69, 9.17) is 9.47 Å². The van der Waals surface area contributed by atoms with E-state index in [1.165, 1.54) is 12.1 Å². The summed E-state index contributed by atoms with van der Waals surface area (Å²) in [6, 6.07) is 5.09. The Morgan fingerprint density at radius 1 is 1.35 bits per heavy atom. The van der Waals surface area contributed by atoms with Crippen molar-refractivity contribution >= 4 is 0 Å². The topological polar surface area (TPSA) is 30.5 Å². The van der Waals surface area contributed by atoms with Crippen LogP contribution < -0.4 is 10.1 Å². The lowest BCUT2D eigenvalue weighted by Crippen LogP contribution is -2.32. The molecule has 0 saturated carbocycles. The summed E-state index contributed by atoms with van der Waals surface area (Å²) in [6.07, 6.45) is 2.42. The van der Waals surface area contributed by atoms with Gasteiger partial charge in [-0.25, -0.2) is 4.39 Å². The van der Waals surface area contributed by atoms with Crippen molar-refractivity contribution in [2.24, 2.45) is 0 Å². The van der Waals surface area contributed by atoms with E-state index in [2.05, 4.69) is 19.2 Å². The number of halogens is 1. The van der Waals surface area contributed by atoms with Crippen molar-refractivity contribution in [2.45, 2.75) is 51.9 Å². The molecule has 1 aliphatic rings. The quantitative estimate of drug-likeness (QED) is 0.869. The molecule has 3 nitrogen and oxygen atoms in total. The predicted molar refractivity (Wildman–Crippen MR) is 77.7 cm³/mol. The van der Waals surface area contributed by atoms with Crippen LogP contribution in [0.4, 0.5) is 4.39 Å². The van der Waals surface area contributed by atoms with Crippen molar-refractivity contribution in [3.63, 3.8) is 0 Å². The minimum atomic E-state index is -0.267. The Hall–Kier alpha value is -1.13. The van der Waals surface area contributed by atoms with Crippen molar-refractivity contribution in [3.05, 3.63) is 29.6 Å². The van der Waals surface area contributed by atoms with Crippen molar-refractivity contribution < 1.29 is 13.9 Å². The van der Waals surface area contributed by atoms with Gasteiger partial charge in [-0.1, -0.05) is 19.9 Å². The molecule has 0 aliphatic carbocycles. The average Bonchev–Trinajstić information content (AvgIpc) is 2.85. The largest absolute Gasteiger partial charge is 0.491 e. The summed E-state index contributed by atoms with van der Waals surface area (Å²) < 4.78 is 24.8. The van der Waals surface area contributed by atoms with Gasteiger partial charge in [0.05, 0.1) is 12.2 Å². The van der Waals surface area contributed by atoms with Gasteiger partial charge in [0.1, 0.15) is 18.2 Å². The van der Waals surface area contributed by atoms with Crippen molar-refractivity contribution in [1.82, 2.24) is 5.32 Å². The van der Waals surface area contributed by atoms with Crippen molar-refractivity contribution in [3.8, 4) is 5.75 Å². The minimum Gasteiger partial charge on any atom is -0.491 e. The Kier molecular flexibility index (Phi) is 5.38. The molecule has 2 atom stereocenters. The van der Waals surface area contributed by atoms with Crippen LogP contribution >= 0.6 is 0 Å². The summed E-state index contributed by atoms with van der Waals surface area (Å²) >= 11 is 0. The number of rotatable bonds is 6. The Morgan fingerprint density at radius 2 is 2.10 bits per heavy atom. The number of hydrogen-bond donors (Lipinski definition) is 1.